The molecule has 0 heterocycles. The van der Waals surface area contributed by atoms with Crippen molar-refractivity contribution in [3.63, 3.8) is 0 Å². The maximum absolute atomic E-state index is 11.3. The molecule has 0 aromatic carbocycles. The van der Waals surface area contributed by atoms with E-state index in [0.717, 1.165) is 12.8 Å². The van der Waals surface area contributed by atoms with Gasteiger partial charge in [-0.1, -0.05) is 6.92 Å². The van der Waals surface area contributed by atoms with Crippen LogP contribution < -0.4 is 10.6 Å². The number of carbonyl (C=O) groups is 2. The van der Waals surface area contributed by atoms with E-state index in [-0.39, 0.29) is 11.8 Å². The van der Waals surface area contributed by atoms with Crippen LogP contribution in [0.25, 0.3) is 0 Å². The summed E-state index contributed by atoms with van der Waals surface area (Å²) in [4.78, 5) is 22.3. The Bertz CT molecular complexity index is 212. The average molecular weight is 184 g/mol. The molecule has 1 rings (SSSR count). The highest BCUT2D eigenvalue weighted by molar-refractivity contribution is 5.87. The lowest BCUT2D eigenvalue weighted by Gasteiger charge is -2.12. The predicted octanol–water partition coefficient (Wildman–Crippen LogP) is 0.180. The molecule has 2 N–H and O–H groups in total. The predicted molar refractivity (Wildman–Crippen MR) is 49.1 cm³/mol. The smallest absolute Gasteiger partial charge is 0.242 e. The Morgan fingerprint density at radius 2 is 2.08 bits per heavy atom. The van der Waals surface area contributed by atoms with Crippen molar-refractivity contribution >= 4 is 11.8 Å². The highest BCUT2D eigenvalue weighted by atomic mass is 16.2. The maximum Gasteiger partial charge on any atom is 0.242 e. The van der Waals surface area contributed by atoms with Crippen molar-refractivity contribution in [1.29, 1.82) is 0 Å². The number of hydrogen-bond acceptors (Lipinski definition) is 2. The van der Waals surface area contributed by atoms with E-state index in [1.54, 1.807) is 13.8 Å². The third kappa shape index (κ3) is 3.44. The fourth-order valence-electron chi connectivity index (χ4n) is 0.963. The summed E-state index contributed by atoms with van der Waals surface area (Å²) in [6, 6.07) is -0.0541. The normalized spacial score (nSPS) is 17.7. The highest BCUT2D eigenvalue weighted by Gasteiger charge is 2.25. The zero-order valence-electron chi connectivity index (χ0n) is 8.09. The Kier molecular flexibility index (Phi) is 3.28. The summed E-state index contributed by atoms with van der Waals surface area (Å²) >= 11 is 0. The highest BCUT2D eigenvalue weighted by Crippen LogP contribution is 2.18. The molecule has 1 fully saturated rings. The second-order valence-corrected chi connectivity index (χ2v) is 3.43. The maximum atomic E-state index is 11.3. The van der Waals surface area contributed by atoms with E-state index >= 15 is 0 Å². The van der Waals surface area contributed by atoms with Crippen LogP contribution in [0, 0.1) is 0 Å². The summed E-state index contributed by atoms with van der Waals surface area (Å²) < 4.78 is 0. The molecule has 1 aliphatic rings. The SMILES string of the molecule is CCC(=O)NC(C)C(=O)NC1CC1. The number of rotatable bonds is 4. The largest absolute Gasteiger partial charge is 0.352 e. The first-order valence-corrected chi connectivity index (χ1v) is 4.73. The van der Waals surface area contributed by atoms with Crippen LogP contribution >= 0.6 is 0 Å². The molecular weight excluding hydrogens is 168 g/mol. The Morgan fingerprint density at radius 1 is 1.46 bits per heavy atom. The third-order valence-corrected chi connectivity index (χ3v) is 2.02. The van der Waals surface area contributed by atoms with Crippen molar-refractivity contribution in [2.45, 2.75) is 45.2 Å². The van der Waals surface area contributed by atoms with Gasteiger partial charge in [-0.2, -0.15) is 0 Å². The lowest BCUT2D eigenvalue weighted by Crippen LogP contribution is -2.45. The molecule has 0 aromatic heterocycles. The van der Waals surface area contributed by atoms with E-state index < -0.39 is 6.04 Å². The molecule has 4 nitrogen and oxygen atoms in total. The molecule has 0 radical (unpaired) electrons. The van der Waals surface area contributed by atoms with Crippen LogP contribution in [0.4, 0.5) is 0 Å². The number of nitrogens with one attached hydrogen (secondary N) is 2. The zero-order valence-corrected chi connectivity index (χ0v) is 8.09. The molecule has 1 aliphatic carbocycles. The van der Waals surface area contributed by atoms with Gasteiger partial charge in [-0.15, -0.1) is 0 Å². The molecule has 1 saturated carbocycles. The number of carbonyl (C=O) groups excluding carboxylic acids is 2. The van der Waals surface area contributed by atoms with E-state index in [0.29, 0.717) is 12.5 Å². The summed E-state index contributed by atoms with van der Waals surface area (Å²) in [5, 5.41) is 5.44. The summed E-state index contributed by atoms with van der Waals surface area (Å²) in [6.07, 6.45) is 2.56. The van der Waals surface area contributed by atoms with Gasteiger partial charge in [-0.3, -0.25) is 9.59 Å². The van der Waals surface area contributed by atoms with Crippen molar-refractivity contribution in [3.8, 4) is 0 Å². The monoisotopic (exact) mass is 184 g/mol. The van der Waals surface area contributed by atoms with Gasteiger partial charge in [0.05, 0.1) is 0 Å². The Labute approximate surface area is 78.1 Å². The van der Waals surface area contributed by atoms with E-state index in [4.69, 9.17) is 0 Å². The van der Waals surface area contributed by atoms with Crippen LogP contribution in [0.5, 0.6) is 0 Å². The second-order valence-electron chi connectivity index (χ2n) is 3.43. The first-order valence-electron chi connectivity index (χ1n) is 4.73. The molecule has 0 bridgehead atoms. The van der Waals surface area contributed by atoms with Gasteiger partial charge in [-0.25, -0.2) is 0 Å². The van der Waals surface area contributed by atoms with E-state index in [1.807, 2.05) is 0 Å². The molecule has 13 heavy (non-hydrogen) atoms. The lowest BCUT2D eigenvalue weighted by atomic mass is 10.3. The third-order valence-electron chi connectivity index (χ3n) is 2.02. The van der Waals surface area contributed by atoms with Gasteiger partial charge in [-0.05, 0) is 19.8 Å². The molecule has 74 valence electrons. The van der Waals surface area contributed by atoms with Gasteiger partial charge in [0.1, 0.15) is 6.04 Å². The first kappa shape index (κ1) is 10.0. The fourth-order valence-corrected chi connectivity index (χ4v) is 0.963. The van der Waals surface area contributed by atoms with Gasteiger partial charge in [0.15, 0.2) is 0 Å². The van der Waals surface area contributed by atoms with E-state index in [1.165, 1.54) is 0 Å². The van der Waals surface area contributed by atoms with Crippen LogP contribution in [0.3, 0.4) is 0 Å². The van der Waals surface area contributed by atoms with Gasteiger partial charge in [0.2, 0.25) is 11.8 Å². The van der Waals surface area contributed by atoms with Crippen LogP contribution in [0.1, 0.15) is 33.1 Å². The summed E-state index contributed by atoms with van der Waals surface area (Å²) in [6.45, 7) is 3.46. The Morgan fingerprint density at radius 3 is 2.54 bits per heavy atom. The minimum absolute atomic E-state index is 0.0794. The van der Waals surface area contributed by atoms with Crippen LogP contribution in [0.2, 0.25) is 0 Å². The molecule has 0 spiro atoms. The molecule has 0 aliphatic heterocycles. The topological polar surface area (TPSA) is 58.2 Å². The fraction of sp³-hybridized carbons (Fsp3) is 0.778. The van der Waals surface area contributed by atoms with Crippen molar-refractivity contribution in [2.75, 3.05) is 0 Å². The zero-order chi connectivity index (χ0) is 9.84. The minimum atomic E-state index is -0.409. The Hall–Kier alpha value is -1.06. The molecule has 0 saturated heterocycles. The van der Waals surface area contributed by atoms with Crippen molar-refractivity contribution in [1.82, 2.24) is 10.6 Å². The van der Waals surface area contributed by atoms with E-state index in [9.17, 15) is 9.59 Å². The quantitative estimate of drug-likeness (QED) is 0.654. The minimum Gasteiger partial charge on any atom is -0.352 e. The molecule has 1 unspecified atom stereocenters. The van der Waals surface area contributed by atoms with Gasteiger partial charge in [0, 0.05) is 12.5 Å². The first-order chi connectivity index (χ1) is 6.13. The number of amides is 2. The Balaban J connectivity index is 2.23. The van der Waals surface area contributed by atoms with Crippen LogP contribution in [-0.2, 0) is 9.59 Å². The summed E-state index contributed by atoms with van der Waals surface area (Å²) in [5.41, 5.74) is 0. The van der Waals surface area contributed by atoms with Crippen molar-refractivity contribution in [3.05, 3.63) is 0 Å². The lowest BCUT2D eigenvalue weighted by molar-refractivity contribution is -0.128. The standard InChI is InChI=1S/C9H16N2O2/c1-3-8(12)10-6(2)9(13)11-7-4-5-7/h6-7H,3-5H2,1-2H3,(H,10,12)(H,11,13). The molecule has 4 heteroatoms. The van der Waals surface area contributed by atoms with Crippen molar-refractivity contribution < 1.29 is 9.59 Å². The van der Waals surface area contributed by atoms with Gasteiger partial charge >= 0.3 is 0 Å². The van der Waals surface area contributed by atoms with Gasteiger partial charge < -0.3 is 10.6 Å². The van der Waals surface area contributed by atoms with E-state index in [2.05, 4.69) is 10.6 Å². The average Bonchev–Trinajstić information content (AvgIpc) is 2.87. The molecule has 0 aromatic rings. The van der Waals surface area contributed by atoms with Crippen molar-refractivity contribution in [2.24, 2.45) is 0 Å². The molecule has 1 atom stereocenters. The summed E-state index contributed by atoms with van der Waals surface area (Å²) in [5.74, 6) is -0.164. The second kappa shape index (κ2) is 4.25. The van der Waals surface area contributed by atoms with Gasteiger partial charge in [0.25, 0.3) is 0 Å². The molecular formula is C9H16N2O2. The summed E-state index contributed by atoms with van der Waals surface area (Å²) in [7, 11) is 0. The number of hydrogen-bond donors (Lipinski definition) is 2. The van der Waals surface area contributed by atoms with Crippen LogP contribution in [0.15, 0.2) is 0 Å². The molecule has 2 amide bonds. The van der Waals surface area contributed by atoms with Crippen LogP contribution in [-0.4, -0.2) is 23.9 Å².